The van der Waals surface area contributed by atoms with Crippen LogP contribution in [-0.2, 0) is 9.47 Å². The molecule has 1 saturated heterocycles. The largest absolute Gasteiger partial charge is 0.524 e. The number of rotatable bonds is 0. The van der Waals surface area contributed by atoms with Gasteiger partial charge in [-0.05, 0) is 0 Å². The lowest BCUT2D eigenvalue weighted by Crippen LogP contribution is -2.19. The Morgan fingerprint density at radius 2 is 2.14 bits per heavy atom. The van der Waals surface area contributed by atoms with Crippen LogP contribution in [0.2, 0.25) is 0 Å². The maximum atomic E-state index is 11.0. The van der Waals surface area contributed by atoms with Crippen molar-refractivity contribution in [3.8, 4) is 0 Å². The first-order valence-corrected chi connectivity index (χ1v) is 1.53. The van der Waals surface area contributed by atoms with Gasteiger partial charge < -0.3 is 9.47 Å². The Hall–Kier alpha value is -1.06. The lowest BCUT2D eigenvalue weighted by atomic mass is 10.9. The summed E-state index contributed by atoms with van der Waals surface area (Å²) in [6.07, 6.45) is -0.787. The van der Waals surface area contributed by atoms with Gasteiger partial charge in [0.15, 0.2) is 6.33 Å². The van der Waals surface area contributed by atoms with Crippen molar-refractivity contribution in [2.24, 2.45) is 0 Å². The molecule has 1 rings (SSSR count). The van der Waals surface area contributed by atoms with Crippen molar-refractivity contribution in [3.05, 3.63) is 12.3 Å². The van der Waals surface area contributed by atoms with Gasteiger partial charge in [0.05, 0.1) is 0 Å². The fourth-order valence-corrected chi connectivity index (χ4v) is 0.216. The Morgan fingerprint density at radius 3 is 2.29 bits per heavy atom. The first-order chi connectivity index (χ1) is 3.33. The summed E-state index contributed by atoms with van der Waals surface area (Å²) in [6, 6.07) is 0. The highest BCUT2D eigenvalue weighted by Crippen LogP contribution is 2.13. The molecule has 0 atom stereocenters. The van der Waals surface area contributed by atoms with Gasteiger partial charge in [0, 0.05) is 0 Å². The van der Waals surface area contributed by atoms with Gasteiger partial charge in [-0.25, -0.2) is 9.18 Å². The predicted molar refractivity (Wildman–Crippen MR) is 16.8 cm³/mol. The predicted octanol–water partition coefficient (Wildman–Crippen LogP) is 0.922. The monoisotopic (exact) mass is 104 g/mol. The Kier molecular flexibility index (Phi) is 0.714. The third kappa shape index (κ3) is 0.534. The average Bonchev–Trinajstić information content (AvgIpc) is 1.58. The van der Waals surface area contributed by atoms with E-state index in [1.54, 1.807) is 0 Å². The van der Waals surface area contributed by atoms with Crippen LogP contribution in [0.1, 0.15) is 0 Å². The highest BCUT2D eigenvalue weighted by molar-refractivity contribution is 5.67. The van der Waals surface area contributed by atoms with Gasteiger partial charge in [-0.3, -0.25) is 0 Å². The minimum Gasteiger partial charge on any atom is -0.358 e. The van der Waals surface area contributed by atoms with E-state index < -0.39 is 6.16 Å². The molecule has 7 heavy (non-hydrogen) atoms. The molecule has 0 saturated carbocycles. The third-order valence-corrected chi connectivity index (χ3v) is 0.457. The highest BCUT2D eigenvalue weighted by Gasteiger charge is 2.23. The van der Waals surface area contributed by atoms with Crippen molar-refractivity contribution >= 4 is 6.16 Å². The number of carbonyl (C=O) groups is 1. The van der Waals surface area contributed by atoms with Crippen LogP contribution in [-0.4, -0.2) is 6.16 Å². The molecule has 0 amide bonds. The summed E-state index contributed by atoms with van der Waals surface area (Å²) in [5, 5.41) is 0. The molecule has 3 nitrogen and oxygen atoms in total. The molecule has 4 heteroatoms. The van der Waals surface area contributed by atoms with Gasteiger partial charge in [0.25, 0.3) is 0 Å². The maximum Gasteiger partial charge on any atom is 0.524 e. The molecule has 1 heterocycles. The first-order valence-electron chi connectivity index (χ1n) is 1.53. The molecular weight excluding hydrogens is 103 g/mol. The van der Waals surface area contributed by atoms with E-state index in [2.05, 4.69) is 9.47 Å². The standard InChI is InChI=1S/C3HFO3/c4-1-2-6-3(5)7-2/h1H. The zero-order chi connectivity index (χ0) is 5.28. The van der Waals surface area contributed by atoms with Crippen LogP contribution in [0, 0.1) is 0 Å². The second kappa shape index (κ2) is 1.22. The summed E-state index contributed by atoms with van der Waals surface area (Å²) >= 11 is 0. The minimum atomic E-state index is -0.857. The van der Waals surface area contributed by atoms with Gasteiger partial charge >= 0.3 is 12.1 Å². The topological polar surface area (TPSA) is 35.5 Å². The molecule has 0 aliphatic carbocycles. The molecule has 1 fully saturated rings. The zero-order valence-corrected chi connectivity index (χ0v) is 3.18. The van der Waals surface area contributed by atoms with E-state index in [1.165, 1.54) is 0 Å². The quantitative estimate of drug-likeness (QED) is 0.428. The number of hydrogen-bond donors (Lipinski definition) is 0. The van der Waals surface area contributed by atoms with Crippen molar-refractivity contribution in [2.45, 2.75) is 0 Å². The number of hydrogen-bond acceptors (Lipinski definition) is 3. The summed E-state index contributed by atoms with van der Waals surface area (Å²) in [4.78, 5) is 9.62. The Morgan fingerprint density at radius 1 is 1.57 bits per heavy atom. The normalized spacial score (nSPS) is 16.7. The van der Waals surface area contributed by atoms with E-state index in [-0.39, 0.29) is 12.3 Å². The highest BCUT2D eigenvalue weighted by atomic mass is 19.1. The van der Waals surface area contributed by atoms with Gasteiger partial charge in [-0.2, -0.15) is 0 Å². The molecule has 0 aromatic heterocycles. The minimum absolute atomic E-state index is 0.0708. The van der Waals surface area contributed by atoms with Gasteiger partial charge in [0.2, 0.25) is 0 Å². The van der Waals surface area contributed by atoms with E-state index in [1.807, 2.05) is 0 Å². The van der Waals surface area contributed by atoms with Crippen LogP contribution in [0.15, 0.2) is 12.3 Å². The summed E-state index contributed by atoms with van der Waals surface area (Å²) in [5.41, 5.74) is 0. The average molecular weight is 104 g/mol. The van der Waals surface area contributed by atoms with E-state index >= 15 is 0 Å². The number of cyclic esters (lactones) is 2. The van der Waals surface area contributed by atoms with Crippen LogP contribution < -0.4 is 0 Å². The molecule has 0 aromatic rings. The molecular formula is C3HFO3. The molecule has 1 aliphatic heterocycles. The van der Waals surface area contributed by atoms with Crippen LogP contribution in [0.25, 0.3) is 0 Å². The summed E-state index contributed by atoms with van der Waals surface area (Å²) < 4.78 is 18.9. The summed E-state index contributed by atoms with van der Waals surface area (Å²) in [6.45, 7) is 0. The summed E-state index contributed by atoms with van der Waals surface area (Å²) in [7, 11) is 0. The molecule has 0 radical (unpaired) electrons. The maximum absolute atomic E-state index is 11.0. The van der Waals surface area contributed by atoms with Crippen molar-refractivity contribution in [3.63, 3.8) is 0 Å². The molecule has 0 bridgehead atoms. The second-order valence-corrected chi connectivity index (χ2v) is 0.882. The van der Waals surface area contributed by atoms with Crippen molar-refractivity contribution in [2.75, 3.05) is 0 Å². The van der Waals surface area contributed by atoms with E-state index in [0.717, 1.165) is 0 Å². The van der Waals surface area contributed by atoms with Crippen LogP contribution in [0.5, 0.6) is 0 Å². The lowest BCUT2D eigenvalue weighted by Gasteiger charge is -2.12. The third-order valence-electron chi connectivity index (χ3n) is 0.457. The fourth-order valence-electron chi connectivity index (χ4n) is 0.216. The zero-order valence-electron chi connectivity index (χ0n) is 3.18. The van der Waals surface area contributed by atoms with Crippen LogP contribution in [0.3, 0.4) is 0 Å². The van der Waals surface area contributed by atoms with Gasteiger partial charge in [-0.1, -0.05) is 0 Å². The Balaban J connectivity index is 2.44. The lowest BCUT2D eigenvalue weighted by molar-refractivity contribution is -0.0293. The van der Waals surface area contributed by atoms with E-state index in [9.17, 15) is 9.18 Å². The Labute approximate surface area is 38.3 Å². The van der Waals surface area contributed by atoms with E-state index in [0.29, 0.717) is 0 Å². The SMILES string of the molecule is O=C1OC(=CF)O1. The van der Waals surface area contributed by atoms with Crippen molar-refractivity contribution < 1.29 is 18.7 Å². The second-order valence-electron chi connectivity index (χ2n) is 0.882. The van der Waals surface area contributed by atoms with Crippen LogP contribution in [0.4, 0.5) is 9.18 Å². The molecule has 0 aromatic carbocycles. The molecule has 0 unspecified atom stereocenters. The molecule has 38 valence electrons. The van der Waals surface area contributed by atoms with Gasteiger partial charge in [0.1, 0.15) is 0 Å². The molecule has 1 aliphatic rings. The molecule has 0 N–H and O–H groups in total. The number of halogens is 1. The molecule has 0 spiro atoms. The van der Waals surface area contributed by atoms with Gasteiger partial charge in [-0.15, -0.1) is 0 Å². The number of ether oxygens (including phenoxy) is 2. The fraction of sp³-hybridized carbons (Fsp3) is 0. The Bertz CT molecular complexity index is 118. The number of carbonyl (C=O) groups excluding carboxylic acids is 1. The summed E-state index contributed by atoms with van der Waals surface area (Å²) in [5.74, 6) is -0.370. The van der Waals surface area contributed by atoms with E-state index in [4.69, 9.17) is 0 Å². The smallest absolute Gasteiger partial charge is 0.358 e. The van der Waals surface area contributed by atoms with Crippen molar-refractivity contribution in [1.29, 1.82) is 0 Å². The first kappa shape index (κ1) is 4.11. The van der Waals surface area contributed by atoms with Crippen molar-refractivity contribution in [1.82, 2.24) is 0 Å². The van der Waals surface area contributed by atoms with Crippen LogP contribution >= 0.6 is 0 Å².